The molecule has 0 aliphatic heterocycles. The Morgan fingerprint density at radius 2 is 1.95 bits per heavy atom. The van der Waals surface area contributed by atoms with Crippen LogP contribution in [0.1, 0.15) is 23.4 Å². The van der Waals surface area contributed by atoms with Crippen molar-refractivity contribution < 1.29 is 13.2 Å². The molecule has 0 aliphatic carbocycles. The van der Waals surface area contributed by atoms with Gasteiger partial charge in [0.2, 0.25) is 0 Å². The third kappa shape index (κ3) is 2.78. The van der Waals surface area contributed by atoms with Crippen molar-refractivity contribution in [2.75, 3.05) is 6.54 Å². The molecule has 1 aromatic carbocycles. The quantitative estimate of drug-likeness (QED) is 0.819. The Labute approximate surface area is 118 Å². The maximum absolute atomic E-state index is 13.9. The van der Waals surface area contributed by atoms with Crippen LogP contribution in [0.3, 0.4) is 0 Å². The Morgan fingerprint density at radius 1 is 1.21 bits per heavy atom. The van der Waals surface area contributed by atoms with Gasteiger partial charge in [0, 0.05) is 10.4 Å². The Kier molecular flexibility index (Phi) is 4.50. The molecule has 1 unspecified atom stereocenters. The Balaban J connectivity index is 2.52. The number of halogens is 4. The normalized spacial score (nSPS) is 12.7. The number of nitrogens with one attached hydrogen (secondary N) is 1. The van der Waals surface area contributed by atoms with Crippen molar-refractivity contribution in [3.8, 4) is 0 Å². The van der Waals surface area contributed by atoms with Gasteiger partial charge in [0.15, 0.2) is 17.5 Å². The zero-order chi connectivity index (χ0) is 14.0. The van der Waals surface area contributed by atoms with Gasteiger partial charge in [0.05, 0.1) is 11.1 Å². The van der Waals surface area contributed by atoms with Crippen LogP contribution in [0, 0.1) is 17.5 Å². The lowest BCUT2D eigenvalue weighted by atomic mass is 10.0. The molecule has 19 heavy (non-hydrogen) atoms. The monoisotopic (exact) mass is 305 g/mol. The van der Waals surface area contributed by atoms with Crippen molar-refractivity contribution in [3.63, 3.8) is 0 Å². The van der Waals surface area contributed by atoms with E-state index in [9.17, 15) is 13.2 Å². The van der Waals surface area contributed by atoms with Crippen molar-refractivity contribution in [3.05, 3.63) is 56.5 Å². The predicted molar refractivity (Wildman–Crippen MR) is 71.2 cm³/mol. The summed E-state index contributed by atoms with van der Waals surface area (Å²) in [5.74, 6) is -3.85. The molecule has 1 N–H and O–H groups in total. The smallest absolute Gasteiger partial charge is 0.194 e. The molecule has 1 heterocycles. The highest BCUT2D eigenvalue weighted by Gasteiger charge is 2.24. The van der Waals surface area contributed by atoms with Gasteiger partial charge in [-0.1, -0.05) is 24.6 Å². The summed E-state index contributed by atoms with van der Waals surface area (Å²) in [6, 6.07) is 3.24. The second kappa shape index (κ2) is 5.94. The van der Waals surface area contributed by atoms with E-state index in [0.717, 1.165) is 6.07 Å². The molecule has 0 saturated carbocycles. The second-order valence-corrected chi connectivity index (χ2v) is 5.24. The molecule has 0 radical (unpaired) electrons. The number of rotatable bonds is 4. The van der Waals surface area contributed by atoms with Crippen LogP contribution in [0.25, 0.3) is 0 Å². The van der Waals surface area contributed by atoms with E-state index in [1.807, 2.05) is 6.92 Å². The molecular formula is C13H11ClF3NS. The molecule has 0 fully saturated rings. The minimum absolute atomic E-state index is 0.0464. The van der Waals surface area contributed by atoms with Gasteiger partial charge in [-0.2, -0.15) is 0 Å². The van der Waals surface area contributed by atoms with Crippen LogP contribution in [0.15, 0.2) is 23.6 Å². The van der Waals surface area contributed by atoms with E-state index in [1.165, 1.54) is 17.4 Å². The molecule has 2 aromatic rings. The fourth-order valence-electron chi connectivity index (χ4n) is 1.82. The Hall–Kier alpha value is -1.04. The first-order valence-corrected chi connectivity index (χ1v) is 6.91. The summed E-state index contributed by atoms with van der Waals surface area (Å²) < 4.78 is 40.2. The largest absolute Gasteiger partial charge is 0.306 e. The number of hydrogen-bond acceptors (Lipinski definition) is 2. The Morgan fingerprint density at radius 3 is 2.53 bits per heavy atom. The molecule has 102 valence electrons. The lowest BCUT2D eigenvalue weighted by molar-refractivity contribution is 0.434. The third-order valence-electron chi connectivity index (χ3n) is 2.69. The van der Waals surface area contributed by atoms with E-state index in [0.29, 0.717) is 16.4 Å². The van der Waals surface area contributed by atoms with Gasteiger partial charge in [-0.3, -0.25) is 0 Å². The highest BCUT2D eigenvalue weighted by atomic mass is 35.5. The zero-order valence-electron chi connectivity index (χ0n) is 10.0. The first-order valence-electron chi connectivity index (χ1n) is 5.66. The van der Waals surface area contributed by atoms with Crippen molar-refractivity contribution in [1.82, 2.24) is 5.32 Å². The topological polar surface area (TPSA) is 12.0 Å². The van der Waals surface area contributed by atoms with Gasteiger partial charge in [-0.05, 0) is 24.1 Å². The first kappa shape index (κ1) is 14.4. The molecule has 2 rings (SSSR count). The molecule has 0 spiro atoms. The molecule has 0 aliphatic rings. The number of hydrogen-bond donors (Lipinski definition) is 1. The lowest BCUT2D eigenvalue weighted by Crippen LogP contribution is -2.23. The average Bonchev–Trinajstić information content (AvgIpc) is 2.80. The SMILES string of the molecule is CCNC(c1ccc(F)c(F)c1F)c1sccc1Cl. The highest BCUT2D eigenvalue weighted by molar-refractivity contribution is 7.10. The maximum atomic E-state index is 13.9. The van der Waals surface area contributed by atoms with Gasteiger partial charge in [0.25, 0.3) is 0 Å². The van der Waals surface area contributed by atoms with Crippen LogP contribution in [0.5, 0.6) is 0 Å². The van der Waals surface area contributed by atoms with E-state index in [4.69, 9.17) is 11.6 Å². The number of benzene rings is 1. The molecule has 0 amide bonds. The lowest BCUT2D eigenvalue weighted by Gasteiger charge is -2.18. The molecule has 1 atom stereocenters. The summed E-state index contributed by atoms with van der Waals surface area (Å²) in [5, 5.41) is 5.26. The molecule has 6 heteroatoms. The van der Waals surface area contributed by atoms with Crippen molar-refractivity contribution in [1.29, 1.82) is 0 Å². The highest BCUT2D eigenvalue weighted by Crippen LogP contribution is 2.34. The zero-order valence-corrected chi connectivity index (χ0v) is 11.6. The van der Waals surface area contributed by atoms with E-state index in [2.05, 4.69) is 5.32 Å². The van der Waals surface area contributed by atoms with Crippen LogP contribution in [-0.2, 0) is 0 Å². The summed E-state index contributed by atoms with van der Waals surface area (Å²) in [7, 11) is 0. The van der Waals surface area contributed by atoms with Crippen molar-refractivity contribution in [2.45, 2.75) is 13.0 Å². The van der Waals surface area contributed by atoms with Gasteiger partial charge >= 0.3 is 0 Å². The fourth-order valence-corrected chi connectivity index (χ4v) is 3.08. The number of thiophene rings is 1. The summed E-state index contributed by atoms with van der Waals surface area (Å²) >= 11 is 7.36. The van der Waals surface area contributed by atoms with Gasteiger partial charge in [0.1, 0.15) is 0 Å². The van der Waals surface area contributed by atoms with Crippen molar-refractivity contribution >= 4 is 22.9 Å². The fraction of sp³-hybridized carbons (Fsp3) is 0.231. The summed E-state index contributed by atoms with van der Waals surface area (Å²) in [4.78, 5) is 0.674. The standard InChI is InChI=1S/C13H11ClF3NS/c1-2-18-12(13-8(14)5-6-19-13)7-3-4-9(15)11(17)10(7)16/h3-6,12,18H,2H2,1H3. The van der Waals surface area contributed by atoms with Gasteiger partial charge in [-0.15, -0.1) is 11.3 Å². The van der Waals surface area contributed by atoms with Gasteiger partial charge in [-0.25, -0.2) is 13.2 Å². The van der Waals surface area contributed by atoms with Crippen molar-refractivity contribution in [2.24, 2.45) is 0 Å². The Bertz CT molecular complexity index is 585. The minimum atomic E-state index is -1.46. The van der Waals surface area contributed by atoms with Crippen LogP contribution >= 0.6 is 22.9 Å². The molecular weight excluding hydrogens is 295 g/mol. The molecule has 0 saturated heterocycles. The maximum Gasteiger partial charge on any atom is 0.194 e. The molecule has 1 nitrogen and oxygen atoms in total. The van der Waals surface area contributed by atoms with E-state index < -0.39 is 23.5 Å². The molecule has 1 aromatic heterocycles. The minimum Gasteiger partial charge on any atom is -0.306 e. The third-order valence-corrected chi connectivity index (χ3v) is 4.11. The summed E-state index contributed by atoms with van der Waals surface area (Å²) in [6.45, 7) is 2.38. The summed E-state index contributed by atoms with van der Waals surface area (Å²) in [5.41, 5.74) is 0.0464. The molecule has 0 bridgehead atoms. The van der Waals surface area contributed by atoms with Crippen LogP contribution < -0.4 is 5.32 Å². The van der Waals surface area contributed by atoms with Crippen LogP contribution in [-0.4, -0.2) is 6.54 Å². The van der Waals surface area contributed by atoms with Crippen LogP contribution in [0.2, 0.25) is 5.02 Å². The summed E-state index contributed by atoms with van der Waals surface area (Å²) in [6.07, 6.45) is 0. The van der Waals surface area contributed by atoms with E-state index >= 15 is 0 Å². The van der Waals surface area contributed by atoms with E-state index in [-0.39, 0.29) is 5.56 Å². The van der Waals surface area contributed by atoms with Gasteiger partial charge < -0.3 is 5.32 Å². The predicted octanol–water partition coefficient (Wildman–Crippen LogP) is 4.52. The second-order valence-electron chi connectivity index (χ2n) is 3.89. The van der Waals surface area contributed by atoms with Crippen LogP contribution in [0.4, 0.5) is 13.2 Å². The first-order chi connectivity index (χ1) is 9.06. The average molecular weight is 306 g/mol. The van der Waals surface area contributed by atoms with E-state index in [1.54, 1.807) is 11.4 Å².